The predicted octanol–water partition coefficient (Wildman–Crippen LogP) is 1.30. The molecule has 1 aliphatic heterocycles. The summed E-state index contributed by atoms with van der Waals surface area (Å²) in [5.41, 5.74) is -0.0157. The van der Waals surface area contributed by atoms with Gasteiger partial charge in [0.05, 0.1) is 6.61 Å². The molecule has 4 heteroatoms. The maximum Gasteiger partial charge on any atom is 0.0613 e. The Labute approximate surface area is 124 Å². The van der Waals surface area contributed by atoms with Crippen LogP contribution in [0.1, 0.15) is 46.0 Å². The Morgan fingerprint density at radius 1 is 1.20 bits per heavy atom. The first-order valence-electron chi connectivity index (χ1n) is 8.55. The molecular weight excluding hydrogens is 250 g/mol. The minimum atomic E-state index is -0.0157. The van der Waals surface area contributed by atoms with Crippen LogP contribution >= 0.6 is 0 Å². The fourth-order valence-electron chi connectivity index (χ4n) is 4.05. The van der Waals surface area contributed by atoms with Crippen LogP contribution in [0.25, 0.3) is 0 Å². The van der Waals surface area contributed by atoms with Gasteiger partial charge in [-0.2, -0.15) is 0 Å². The molecule has 2 unspecified atom stereocenters. The van der Waals surface area contributed by atoms with Gasteiger partial charge in [0, 0.05) is 37.8 Å². The molecule has 2 aliphatic rings. The number of hydrogen-bond acceptors (Lipinski definition) is 4. The number of piperazine rings is 1. The summed E-state index contributed by atoms with van der Waals surface area (Å²) in [4.78, 5) is 5.26. The molecule has 1 aliphatic carbocycles. The summed E-state index contributed by atoms with van der Waals surface area (Å²) in [6.07, 6.45) is 6.06. The van der Waals surface area contributed by atoms with Crippen molar-refractivity contribution in [1.82, 2.24) is 15.1 Å². The molecule has 0 bridgehead atoms. The van der Waals surface area contributed by atoms with Gasteiger partial charge in [0.2, 0.25) is 0 Å². The molecule has 1 heterocycles. The monoisotopic (exact) mass is 283 g/mol. The van der Waals surface area contributed by atoms with Gasteiger partial charge in [0.15, 0.2) is 0 Å². The van der Waals surface area contributed by atoms with Crippen LogP contribution in [-0.4, -0.2) is 72.4 Å². The molecule has 0 spiro atoms. The van der Waals surface area contributed by atoms with E-state index in [1.54, 1.807) is 0 Å². The van der Waals surface area contributed by atoms with Gasteiger partial charge in [-0.3, -0.25) is 4.90 Å². The second-order valence-corrected chi connectivity index (χ2v) is 6.60. The van der Waals surface area contributed by atoms with E-state index < -0.39 is 0 Å². The summed E-state index contributed by atoms with van der Waals surface area (Å²) in [6.45, 7) is 11.7. The Hall–Kier alpha value is -0.160. The van der Waals surface area contributed by atoms with E-state index in [4.69, 9.17) is 0 Å². The third kappa shape index (κ3) is 3.94. The molecule has 20 heavy (non-hydrogen) atoms. The van der Waals surface area contributed by atoms with Crippen molar-refractivity contribution in [1.29, 1.82) is 0 Å². The molecule has 2 rings (SSSR count). The van der Waals surface area contributed by atoms with E-state index in [9.17, 15) is 5.11 Å². The quantitative estimate of drug-likeness (QED) is 0.771. The highest BCUT2D eigenvalue weighted by atomic mass is 16.3. The molecule has 0 aromatic carbocycles. The van der Waals surface area contributed by atoms with Crippen LogP contribution in [0.4, 0.5) is 0 Å². The van der Waals surface area contributed by atoms with E-state index in [0.29, 0.717) is 6.04 Å². The lowest BCUT2D eigenvalue weighted by Gasteiger charge is -2.46. The highest BCUT2D eigenvalue weighted by Gasteiger charge is 2.37. The van der Waals surface area contributed by atoms with Crippen molar-refractivity contribution in [2.75, 3.05) is 45.9 Å². The van der Waals surface area contributed by atoms with E-state index >= 15 is 0 Å². The van der Waals surface area contributed by atoms with E-state index in [0.717, 1.165) is 19.4 Å². The van der Waals surface area contributed by atoms with Crippen molar-refractivity contribution in [3.05, 3.63) is 0 Å². The van der Waals surface area contributed by atoms with Crippen LogP contribution in [0.15, 0.2) is 0 Å². The van der Waals surface area contributed by atoms with Crippen LogP contribution in [0.3, 0.4) is 0 Å². The Bertz CT molecular complexity index is 275. The smallest absolute Gasteiger partial charge is 0.0613 e. The van der Waals surface area contributed by atoms with Gasteiger partial charge >= 0.3 is 0 Å². The molecule has 0 aromatic rings. The number of rotatable bonds is 6. The molecule has 1 saturated heterocycles. The van der Waals surface area contributed by atoms with E-state index in [1.165, 1.54) is 52.0 Å². The number of aliphatic hydroxyl groups excluding tert-OH is 1. The van der Waals surface area contributed by atoms with Crippen molar-refractivity contribution in [3.8, 4) is 0 Å². The summed E-state index contributed by atoms with van der Waals surface area (Å²) in [6, 6.07) is 0.665. The lowest BCUT2D eigenvalue weighted by atomic mass is 9.78. The minimum Gasteiger partial charge on any atom is -0.394 e. The maximum absolute atomic E-state index is 9.81. The highest BCUT2D eigenvalue weighted by molar-refractivity contribution is 4.97. The van der Waals surface area contributed by atoms with Crippen LogP contribution in [0, 0.1) is 0 Å². The first-order valence-corrected chi connectivity index (χ1v) is 8.55. The first kappa shape index (κ1) is 16.2. The SMILES string of the molecule is CCCN1CCN(C2CCCC(CO)(NCC)C2)CC1. The normalized spacial score (nSPS) is 33.5. The minimum absolute atomic E-state index is 0.0157. The zero-order valence-electron chi connectivity index (χ0n) is 13.4. The summed E-state index contributed by atoms with van der Waals surface area (Å²) in [5.74, 6) is 0. The topological polar surface area (TPSA) is 38.7 Å². The second-order valence-electron chi connectivity index (χ2n) is 6.60. The van der Waals surface area contributed by atoms with Gasteiger partial charge < -0.3 is 15.3 Å². The molecule has 1 saturated carbocycles. The third-order valence-corrected chi connectivity index (χ3v) is 5.14. The molecule has 0 radical (unpaired) electrons. The predicted molar refractivity (Wildman–Crippen MR) is 84.1 cm³/mol. The number of nitrogens with one attached hydrogen (secondary N) is 1. The summed E-state index contributed by atoms with van der Waals surface area (Å²) >= 11 is 0. The van der Waals surface area contributed by atoms with Crippen LogP contribution < -0.4 is 5.32 Å². The number of aliphatic hydroxyl groups is 1. The van der Waals surface area contributed by atoms with Crippen LogP contribution in [0.2, 0.25) is 0 Å². The lowest BCUT2D eigenvalue weighted by Crippen LogP contribution is -2.58. The van der Waals surface area contributed by atoms with Crippen LogP contribution in [-0.2, 0) is 0 Å². The van der Waals surface area contributed by atoms with Crippen molar-refractivity contribution < 1.29 is 5.11 Å². The number of likely N-dealkylation sites (N-methyl/N-ethyl adjacent to an activating group) is 1. The van der Waals surface area contributed by atoms with Gasteiger partial charge in [0.25, 0.3) is 0 Å². The number of hydrogen-bond donors (Lipinski definition) is 2. The summed E-state index contributed by atoms with van der Waals surface area (Å²) < 4.78 is 0. The first-order chi connectivity index (χ1) is 9.73. The van der Waals surface area contributed by atoms with Gasteiger partial charge in [-0.15, -0.1) is 0 Å². The maximum atomic E-state index is 9.81. The van der Waals surface area contributed by atoms with Crippen LogP contribution in [0.5, 0.6) is 0 Å². The second kappa shape index (κ2) is 7.74. The van der Waals surface area contributed by atoms with E-state index in [-0.39, 0.29) is 12.1 Å². The zero-order chi connectivity index (χ0) is 14.4. The average Bonchev–Trinajstić information content (AvgIpc) is 2.49. The molecule has 2 atom stereocenters. The Kier molecular flexibility index (Phi) is 6.27. The molecule has 4 nitrogen and oxygen atoms in total. The Morgan fingerprint density at radius 3 is 2.55 bits per heavy atom. The lowest BCUT2D eigenvalue weighted by molar-refractivity contribution is 0.0331. The van der Waals surface area contributed by atoms with Gasteiger partial charge in [-0.1, -0.05) is 13.8 Å². The largest absolute Gasteiger partial charge is 0.394 e. The Morgan fingerprint density at radius 2 is 1.95 bits per heavy atom. The molecule has 2 fully saturated rings. The molecular formula is C16H33N3O. The standard InChI is InChI=1S/C16H33N3O/c1-3-8-18-9-11-19(12-10-18)15-6-5-7-16(13-15,14-20)17-4-2/h15,17,20H,3-14H2,1-2H3. The van der Waals surface area contributed by atoms with E-state index in [1.807, 2.05) is 0 Å². The molecule has 0 aromatic heterocycles. The summed E-state index contributed by atoms with van der Waals surface area (Å²) in [7, 11) is 0. The molecule has 2 N–H and O–H groups in total. The van der Waals surface area contributed by atoms with Crippen molar-refractivity contribution in [2.45, 2.75) is 57.5 Å². The third-order valence-electron chi connectivity index (χ3n) is 5.14. The van der Waals surface area contributed by atoms with Gasteiger partial charge in [0.1, 0.15) is 0 Å². The van der Waals surface area contributed by atoms with Crippen molar-refractivity contribution in [3.63, 3.8) is 0 Å². The molecule has 0 amide bonds. The fourth-order valence-corrected chi connectivity index (χ4v) is 4.05. The zero-order valence-corrected chi connectivity index (χ0v) is 13.4. The highest BCUT2D eigenvalue weighted by Crippen LogP contribution is 2.31. The van der Waals surface area contributed by atoms with E-state index in [2.05, 4.69) is 29.0 Å². The van der Waals surface area contributed by atoms with Crippen molar-refractivity contribution in [2.24, 2.45) is 0 Å². The summed E-state index contributed by atoms with van der Waals surface area (Å²) in [5, 5.41) is 13.4. The van der Waals surface area contributed by atoms with Crippen molar-refractivity contribution >= 4 is 0 Å². The average molecular weight is 283 g/mol. The number of nitrogens with zero attached hydrogens (tertiary/aromatic N) is 2. The van der Waals surface area contributed by atoms with Gasteiger partial charge in [-0.05, 0) is 45.2 Å². The van der Waals surface area contributed by atoms with Gasteiger partial charge in [-0.25, -0.2) is 0 Å². The Balaban J connectivity index is 1.86. The molecule has 118 valence electrons. The fraction of sp³-hybridized carbons (Fsp3) is 1.00.